The highest BCUT2D eigenvalue weighted by Crippen LogP contribution is 2.27. The number of halogens is 1. The maximum absolute atomic E-state index is 13.1. The lowest BCUT2D eigenvalue weighted by atomic mass is 10.2. The van der Waals surface area contributed by atoms with E-state index in [4.69, 9.17) is 20.8 Å². The molecule has 0 aliphatic rings. The predicted molar refractivity (Wildman–Crippen MR) is 123 cm³/mol. The zero-order valence-electron chi connectivity index (χ0n) is 17.6. The van der Waals surface area contributed by atoms with Gasteiger partial charge in [0.05, 0.1) is 17.1 Å². The van der Waals surface area contributed by atoms with E-state index in [-0.39, 0.29) is 12.5 Å². The van der Waals surface area contributed by atoms with Crippen LogP contribution < -0.4 is 4.74 Å². The second kappa shape index (κ2) is 10.1. The van der Waals surface area contributed by atoms with E-state index in [1.54, 1.807) is 35.2 Å². The van der Waals surface area contributed by atoms with Crippen molar-refractivity contribution in [3.8, 4) is 23.0 Å². The Bertz CT molecular complexity index is 1180. The van der Waals surface area contributed by atoms with Crippen molar-refractivity contribution >= 4 is 17.5 Å². The van der Waals surface area contributed by atoms with Gasteiger partial charge in [0.15, 0.2) is 0 Å². The van der Waals surface area contributed by atoms with Gasteiger partial charge in [0, 0.05) is 12.1 Å². The SMILES string of the molecule is CCCN(Cc1nnc(-c2ccccc2Cl)o1)C(=O)c1ccc(Oc2ccccc2)cc1. The molecular weight excluding hydrogens is 426 g/mol. The van der Waals surface area contributed by atoms with Gasteiger partial charge in [-0.2, -0.15) is 0 Å². The number of ether oxygens (including phenoxy) is 1. The molecule has 3 aromatic carbocycles. The highest BCUT2D eigenvalue weighted by Gasteiger charge is 2.19. The predicted octanol–water partition coefficient (Wildman–Crippen LogP) is 6.23. The summed E-state index contributed by atoms with van der Waals surface area (Å²) in [5, 5.41) is 8.72. The molecule has 4 rings (SSSR count). The van der Waals surface area contributed by atoms with Gasteiger partial charge in [-0.25, -0.2) is 0 Å². The molecule has 0 radical (unpaired) electrons. The summed E-state index contributed by atoms with van der Waals surface area (Å²) in [5.41, 5.74) is 1.22. The third-order valence-electron chi connectivity index (χ3n) is 4.76. The molecule has 0 aliphatic heterocycles. The van der Waals surface area contributed by atoms with Gasteiger partial charge in [-0.05, 0) is 55.0 Å². The fraction of sp³-hybridized carbons (Fsp3) is 0.160. The van der Waals surface area contributed by atoms with Gasteiger partial charge in [-0.3, -0.25) is 4.79 Å². The van der Waals surface area contributed by atoms with Crippen LogP contribution in [0.3, 0.4) is 0 Å². The maximum Gasteiger partial charge on any atom is 0.254 e. The number of carbonyl (C=O) groups excluding carboxylic acids is 1. The molecule has 7 heteroatoms. The summed E-state index contributed by atoms with van der Waals surface area (Å²) in [6.45, 7) is 2.79. The molecule has 0 N–H and O–H groups in total. The van der Waals surface area contributed by atoms with Crippen LogP contribution in [0.25, 0.3) is 11.5 Å². The van der Waals surface area contributed by atoms with Gasteiger partial charge in [-0.15, -0.1) is 10.2 Å². The molecule has 0 saturated heterocycles. The van der Waals surface area contributed by atoms with Crippen molar-refractivity contribution in [3.63, 3.8) is 0 Å². The summed E-state index contributed by atoms with van der Waals surface area (Å²) < 4.78 is 11.6. The van der Waals surface area contributed by atoms with Crippen LogP contribution in [0.15, 0.2) is 83.3 Å². The smallest absolute Gasteiger partial charge is 0.254 e. The third-order valence-corrected chi connectivity index (χ3v) is 5.09. The summed E-state index contributed by atoms with van der Waals surface area (Å²) in [7, 11) is 0. The third kappa shape index (κ3) is 5.15. The van der Waals surface area contributed by atoms with Crippen molar-refractivity contribution in [2.45, 2.75) is 19.9 Å². The number of carbonyl (C=O) groups is 1. The van der Waals surface area contributed by atoms with Gasteiger partial charge >= 0.3 is 0 Å². The highest BCUT2D eigenvalue weighted by atomic mass is 35.5. The van der Waals surface area contributed by atoms with Crippen molar-refractivity contribution in [2.24, 2.45) is 0 Å². The van der Waals surface area contributed by atoms with Gasteiger partial charge in [-0.1, -0.05) is 48.9 Å². The van der Waals surface area contributed by atoms with Gasteiger partial charge in [0.1, 0.15) is 11.5 Å². The van der Waals surface area contributed by atoms with E-state index >= 15 is 0 Å². The molecule has 6 nitrogen and oxygen atoms in total. The summed E-state index contributed by atoms with van der Waals surface area (Å²) in [6.07, 6.45) is 0.798. The molecule has 32 heavy (non-hydrogen) atoms. The lowest BCUT2D eigenvalue weighted by Gasteiger charge is -2.20. The van der Waals surface area contributed by atoms with E-state index in [0.29, 0.717) is 40.2 Å². The molecular formula is C25H22ClN3O3. The molecule has 0 atom stereocenters. The van der Waals surface area contributed by atoms with Crippen LogP contribution in [-0.4, -0.2) is 27.5 Å². The Kier molecular flexibility index (Phi) is 6.82. The van der Waals surface area contributed by atoms with Crippen LogP contribution in [0.2, 0.25) is 5.02 Å². The fourth-order valence-electron chi connectivity index (χ4n) is 3.22. The van der Waals surface area contributed by atoms with Crippen molar-refractivity contribution < 1.29 is 13.9 Å². The van der Waals surface area contributed by atoms with E-state index in [9.17, 15) is 4.79 Å². The Morgan fingerprint density at radius 3 is 2.34 bits per heavy atom. The standard InChI is InChI=1S/C25H22ClN3O3/c1-2-16-29(17-23-27-28-24(32-23)21-10-6-7-11-22(21)26)25(30)18-12-14-20(15-13-18)31-19-8-4-3-5-9-19/h3-15H,2,16-17H2,1H3. The number of hydrogen-bond acceptors (Lipinski definition) is 5. The van der Waals surface area contributed by atoms with Gasteiger partial charge in [0.2, 0.25) is 11.8 Å². The zero-order chi connectivity index (χ0) is 22.3. The summed E-state index contributed by atoms with van der Waals surface area (Å²) >= 11 is 6.22. The molecule has 0 aliphatic carbocycles. The topological polar surface area (TPSA) is 68.5 Å². The van der Waals surface area contributed by atoms with Crippen LogP contribution in [0.1, 0.15) is 29.6 Å². The summed E-state index contributed by atoms with van der Waals surface area (Å²) in [5.74, 6) is 1.97. The largest absolute Gasteiger partial charge is 0.457 e. The van der Waals surface area contributed by atoms with Crippen LogP contribution in [-0.2, 0) is 6.54 Å². The molecule has 0 saturated carbocycles. The van der Waals surface area contributed by atoms with E-state index in [0.717, 1.165) is 12.2 Å². The molecule has 0 fully saturated rings. The molecule has 1 aromatic heterocycles. The van der Waals surface area contributed by atoms with Crippen LogP contribution in [0, 0.1) is 0 Å². The van der Waals surface area contributed by atoms with Crippen LogP contribution in [0.4, 0.5) is 0 Å². The first-order valence-corrected chi connectivity index (χ1v) is 10.7. The second-order valence-corrected chi connectivity index (χ2v) is 7.55. The highest BCUT2D eigenvalue weighted by molar-refractivity contribution is 6.33. The minimum atomic E-state index is -0.115. The van der Waals surface area contributed by atoms with E-state index in [1.807, 2.05) is 55.5 Å². The van der Waals surface area contributed by atoms with Crippen molar-refractivity contribution in [1.82, 2.24) is 15.1 Å². The quantitative estimate of drug-likeness (QED) is 0.320. The van der Waals surface area contributed by atoms with Crippen LogP contribution >= 0.6 is 11.6 Å². The normalized spacial score (nSPS) is 10.7. The van der Waals surface area contributed by atoms with E-state index in [1.165, 1.54) is 0 Å². The van der Waals surface area contributed by atoms with E-state index < -0.39 is 0 Å². The average molecular weight is 448 g/mol. The minimum absolute atomic E-state index is 0.115. The Balaban J connectivity index is 1.47. The number of hydrogen-bond donors (Lipinski definition) is 0. The summed E-state index contributed by atoms with van der Waals surface area (Å²) in [4.78, 5) is 14.8. The number of nitrogens with zero attached hydrogens (tertiary/aromatic N) is 3. The first-order chi connectivity index (χ1) is 15.6. The fourth-order valence-corrected chi connectivity index (χ4v) is 3.44. The number of rotatable bonds is 8. The van der Waals surface area contributed by atoms with Gasteiger partial charge in [0.25, 0.3) is 5.91 Å². The molecule has 0 bridgehead atoms. The Morgan fingerprint density at radius 2 is 1.62 bits per heavy atom. The number of amides is 1. The zero-order valence-corrected chi connectivity index (χ0v) is 18.3. The Hall–Kier alpha value is -3.64. The number of para-hydroxylation sites is 1. The van der Waals surface area contributed by atoms with E-state index in [2.05, 4.69) is 10.2 Å². The molecule has 0 unspecified atom stereocenters. The second-order valence-electron chi connectivity index (χ2n) is 7.15. The monoisotopic (exact) mass is 447 g/mol. The lowest BCUT2D eigenvalue weighted by molar-refractivity contribution is 0.0728. The first-order valence-electron chi connectivity index (χ1n) is 10.3. The molecule has 162 valence electrons. The maximum atomic E-state index is 13.1. The molecule has 1 heterocycles. The molecule has 1 amide bonds. The summed E-state index contributed by atoms with van der Waals surface area (Å²) in [6, 6.07) is 23.8. The van der Waals surface area contributed by atoms with Crippen molar-refractivity contribution in [3.05, 3.63) is 95.3 Å². The Morgan fingerprint density at radius 1 is 0.938 bits per heavy atom. The van der Waals surface area contributed by atoms with Crippen LogP contribution in [0.5, 0.6) is 11.5 Å². The lowest BCUT2D eigenvalue weighted by Crippen LogP contribution is -2.31. The molecule has 0 spiro atoms. The molecule has 4 aromatic rings. The number of aromatic nitrogens is 2. The Labute approximate surface area is 191 Å². The van der Waals surface area contributed by atoms with Crippen molar-refractivity contribution in [2.75, 3.05) is 6.54 Å². The minimum Gasteiger partial charge on any atom is -0.457 e. The van der Waals surface area contributed by atoms with Crippen molar-refractivity contribution in [1.29, 1.82) is 0 Å². The average Bonchev–Trinajstić information content (AvgIpc) is 3.28. The van der Waals surface area contributed by atoms with Gasteiger partial charge < -0.3 is 14.1 Å². The first kappa shape index (κ1) is 21.6. The number of benzene rings is 3.